The molecule has 1 saturated heterocycles. The van der Waals surface area contributed by atoms with E-state index in [1.54, 1.807) is 0 Å². The zero-order valence-electron chi connectivity index (χ0n) is 8.67. The number of hydrogen-bond acceptors (Lipinski definition) is 2. The van der Waals surface area contributed by atoms with Gasteiger partial charge in [-0.15, -0.1) is 0 Å². The van der Waals surface area contributed by atoms with Gasteiger partial charge in [-0.3, -0.25) is 0 Å². The number of para-hydroxylation sites is 1. The summed E-state index contributed by atoms with van der Waals surface area (Å²) in [6.45, 7) is 2.48. The first kappa shape index (κ1) is 12.2. The zero-order chi connectivity index (χ0) is 10.9. The highest BCUT2D eigenvalue weighted by Gasteiger charge is 2.09. The van der Waals surface area contributed by atoms with E-state index in [4.69, 9.17) is 9.46 Å². The van der Waals surface area contributed by atoms with Gasteiger partial charge >= 0.3 is 8.69 Å². The van der Waals surface area contributed by atoms with Crippen LogP contribution in [0.25, 0.3) is 0 Å². The molecule has 1 aromatic carbocycles. The fraction of sp³-hybridized carbons (Fsp3) is 0.455. The van der Waals surface area contributed by atoms with Crippen LogP contribution < -0.4 is 4.90 Å². The summed E-state index contributed by atoms with van der Waals surface area (Å²) >= 11 is 0. The van der Waals surface area contributed by atoms with Crippen molar-refractivity contribution in [3.05, 3.63) is 30.3 Å². The molecule has 0 bridgehead atoms. The van der Waals surface area contributed by atoms with Crippen LogP contribution in [0.15, 0.2) is 30.3 Å². The molecule has 0 atom stereocenters. The van der Waals surface area contributed by atoms with E-state index in [0.29, 0.717) is 0 Å². The third-order valence-corrected chi connectivity index (χ3v) is 2.48. The number of hydrogen-bond donors (Lipinski definition) is 1. The Morgan fingerprint density at radius 1 is 1.07 bits per heavy atom. The maximum absolute atomic E-state index is 8.46. The van der Waals surface area contributed by atoms with Gasteiger partial charge in [0.2, 0.25) is 0 Å². The number of piperidine rings is 1. The van der Waals surface area contributed by atoms with Gasteiger partial charge in [-0.1, -0.05) is 18.2 Å². The quantitative estimate of drug-likeness (QED) is 0.747. The minimum absolute atomic E-state index is 0.833. The number of anilines is 1. The lowest BCUT2D eigenvalue weighted by molar-refractivity contribution is 0.524. The van der Waals surface area contributed by atoms with Gasteiger partial charge in [0.05, 0.1) is 0 Å². The highest BCUT2D eigenvalue weighted by molar-refractivity contribution is 7.16. The summed E-state index contributed by atoms with van der Waals surface area (Å²) in [5.41, 5.74) is 1.39. The summed E-state index contributed by atoms with van der Waals surface area (Å²) in [6.07, 6.45) is 4.12. The van der Waals surface area contributed by atoms with Crippen molar-refractivity contribution >= 4 is 14.4 Å². The van der Waals surface area contributed by atoms with Gasteiger partial charge in [0.15, 0.2) is 0 Å². The average molecular weight is 225 g/mol. The maximum Gasteiger partial charge on any atom is 0.324 e. The molecule has 1 heterocycles. The minimum atomic E-state index is -0.833. The van der Waals surface area contributed by atoms with Crippen molar-refractivity contribution in [3.8, 4) is 0 Å². The van der Waals surface area contributed by atoms with Crippen molar-refractivity contribution in [2.45, 2.75) is 19.3 Å². The van der Waals surface area contributed by atoms with E-state index in [9.17, 15) is 0 Å². The first-order chi connectivity index (χ1) is 7.38. The first-order valence-electron chi connectivity index (χ1n) is 5.15. The smallest absolute Gasteiger partial charge is 0.324 e. The summed E-state index contributed by atoms with van der Waals surface area (Å²) in [4.78, 5) is 9.46. The molecular weight excluding hydrogens is 209 g/mol. The second-order valence-electron chi connectivity index (χ2n) is 3.46. The molecule has 1 fully saturated rings. The minimum Gasteiger partial charge on any atom is -0.372 e. The van der Waals surface area contributed by atoms with E-state index < -0.39 is 8.69 Å². The van der Waals surface area contributed by atoms with E-state index in [-0.39, 0.29) is 0 Å². The highest BCUT2D eigenvalue weighted by atomic mass is 31.1. The molecule has 4 heteroatoms. The summed E-state index contributed by atoms with van der Waals surface area (Å²) in [6, 6.07) is 10.7. The molecule has 0 amide bonds. The van der Waals surface area contributed by atoms with Crippen LogP contribution in [0.4, 0.5) is 5.69 Å². The van der Waals surface area contributed by atoms with Gasteiger partial charge < -0.3 is 9.79 Å². The largest absolute Gasteiger partial charge is 0.372 e. The Hall–Kier alpha value is -0.920. The lowest BCUT2D eigenvalue weighted by Crippen LogP contribution is -2.29. The van der Waals surface area contributed by atoms with Crippen LogP contribution in [0.1, 0.15) is 19.3 Å². The molecule has 15 heavy (non-hydrogen) atoms. The van der Waals surface area contributed by atoms with Crippen molar-refractivity contribution in [3.63, 3.8) is 0 Å². The van der Waals surface area contributed by atoms with Gasteiger partial charge in [-0.25, -0.2) is 4.57 Å². The van der Waals surface area contributed by atoms with Gasteiger partial charge in [0.25, 0.3) is 0 Å². The lowest BCUT2D eigenvalue weighted by Gasteiger charge is -2.28. The molecule has 0 spiro atoms. The molecule has 1 aliphatic heterocycles. The third-order valence-electron chi connectivity index (χ3n) is 2.48. The van der Waals surface area contributed by atoms with Crippen molar-refractivity contribution in [1.29, 1.82) is 0 Å². The van der Waals surface area contributed by atoms with Crippen LogP contribution in [0.5, 0.6) is 0 Å². The van der Waals surface area contributed by atoms with Gasteiger partial charge in [-0.2, -0.15) is 0 Å². The number of nitrogens with zero attached hydrogens (tertiary/aromatic N) is 1. The molecule has 2 rings (SSSR count). The van der Waals surface area contributed by atoms with Gasteiger partial charge in [0, 0.05) is 18.8 Å². The van der Waals surface area contributed by atoms with E-state index in [1.165, 1.54) is 38.0 Å². The predicted octanol–water partition coefficient (Wildman–Crippen LogP) is 2.86. The summed E-state index contributed by atoms with van der Waals surface area (Å²) in [5.74, 6) is 0. The van der Waals surface area contributed by atoms with Gasteiger partial charge in [-0.05, 0) is 31.4 Å². The normalized spacial score (nSPS) is 15.7. The van der Waals surface area contributed by atoms with Crippen molar-refractivity contribution < 1.29 is 9.46 Å². The second-order valence-corrected chi connectivity index (χ2v) is 3.63. The van der Waals surface area contributed by atoms with Crippen LogP contribution in [0.2, 0.25) is 0 Å². The Balaban J connectivity index is 0.000000337. The summed E-state index contributed by atoms with van der Waals surface area (Å²) in [5, 5.41) is 0. The van der Waals surface area contributed by atoms with Crippen molar-refractivity contribution in [1.82, 2.24) is 0 Å². The summed E-state index contributed by atoms with van der Waals surface area (Å²) in [7, 11) is -0.833. The molecule has 0 radical (unpaired) electrons. The number of rotatable bonds is 1. The molecule has 0 aliphatic carbocycles. The SMILES string of the molecule is O=PO.c1ccc(N2CCCCC2)cc1. The first-order valence-corrected chi connectivity index (χ1v) is 5.91. The predicted molar refractivity (Wildman–Crippen MR) is 62.3 cm³/mol. The van der Waals surface area contributed by atoms with Gasteiger partial charge in [0.1, 0.15) is 0 Å². The fourth-order valence-corrected chi connectivity index (χ4v) is 1.79. The molecule has 0 unspecified atom stereocenters. The van der Waals surface area contributed by atoms with E-state index in [0.717, 1.165) is 0 Å². The summed E-state index contributed by atoms with van der Waals surface area (Å²) < 4.78 is 8.46. The molecule has 1 aliphatic rings. The molecule has 0 aromatic heterocycles. The standard InChI is InChI=1S/C11H15N.HO2P/c1-3-7-11(8-4-1)12-9-5-2-6-10-12;1-3-2/h1,3-4,7-8H,2,5-6,9-10H2;(H,1,2). The van der Waals surface area contributed by atoms with Crippen LogP contribution in [0.3, 0.4) is 0 Å². The van der Waals surface area contributed by atoms with Crippen molar-refractivity contribution in [2.75, 3.05) is 18.0 Å². The van der Waals surface area contributed by atoms with Crippen LogP contribution >= 0.6 is 8.69 Å². The topological polar surface area (TPSA) is 40.5 Å². The molecule has 1 N–H and O–H groups in total. The zero-order valence-corrected chi connectivity index (χ0v) is 9.57. The third kappa shape index (κ3) is 4.41. The Morgan fingerprint density at radius 2 is 1.60 bits per heavy atom. The molecule has 3 nitrogen and oxygen atoms in total. The Morgan fingerprint density at radius 3 is 2.13 bits per heavy atom. The van der Waals surface area contributed by atoms with E-state index in [2.05, 4.69) is 35.2 Å². The molecule has 1 aromatic rings. The van der Waals surface area contributed by atoms with Crippen LogP contribution in [0, 0.1) is 0 Å². The van der Waals surface area contributed by atoms with E-state index >= 15 is 0 Å². The Kier molecular flexibility index (Phi) is 5.98. The highest BCUT2D eigenvalue weighted by Crippen LogP contribution is 2.18. The van der Waals surface area contributed by atoms with Crippen molar-refractivity contribution in [2.24, 2.45) is 0 Å². The lowest BCUT2D eigenvalue weighted by atomic mass is 10.1. The molecular formula is C11H16NO2P. The molecule has 82 valence electrons. The van der Waals surface area contributed by atoms with E-state index in [1.807, 2.05) is 0 Å². The average Bonchev–Trinajstić information content (AvgIpc) is 2.32. The van der Waals surface area contributed by atoms with Crippen LogP contribution in [-0.2, 0) is 4.57 Å². The Labute approximate surface area is 92.0 Å². The Bertz CT molecular complexity index is 273. The second kappa shape index (κ2) is 7.38. The van der Waals surface area contributed by atoms with Crippen LogP contribution in [-0.4, -0.2) is 18.0 Å². The maximum atomic E-state index is 8.46. The molecule has 0 saturated carbocycles. The monoisotopic (exact) mass is 225 g/mol. The number of benzene rings is 1. The fourth-order valence-electron chi connectivity index (χ4n) is 1.79.